The molecule has 0 aromatic carbocycles. The Kier molecular flexibility index (Phi) is 5.13. The van der Waals surface area contributed by atoms with E-state index in [0.717, 1.165) is 12.8 Å². The summed E-state index contributed by atoms with van der Waals surface area (Å²) in [6, 6.07) is -1.97. The van der Waals surface area contributed by atoms with Crippen molar-refractivity contribution >= 4 is 12.0 Å². The lowest BCUT2D eigenvalue weighted by Crippen LogP contribution is -2.53. The molecular weight excluding hydrogens is 252 g/mol. The van der Waals surface area contributed by atoms with E-state index in [-0.39, 0.29) is 6.54 Å². The smallest absolute Gasteiger partial charge is 0.328 e. The Morgan fingerprint density at radius 2 is 1.89 bits per heavy atom. The van der Waals surface area contributed by atoms with Crippen molar-refractivity contribution in [2.45, 2.75) is 50.4 Å². The minimum absolute atomic E-state index is 0.158. The molecule has 2 amide bonds. The van der Waals surface area contributed by atoms with Crippen molar-refractivity contribution in [3.63, 3.8) is 0 Å². The van der Waals surface area contributed by atoms with Crippen molar-refractivity contribution in [1.29, 1.82) is 0 Å². The predicted molar refractivity (Wildman–Crippen MR) is 67.7 cm³/mol. The van der Waals surface area contributed by atoms with Gasteiger partial charge in [-0.1, -0.05) is 12.8 Å². The van der Waals surface area contributed by atoms with Crippen LogP contribution in [-0.4, -0.2) is 63.6 Å². The number of likely N-dealkylation sites (N-methyl/N-ethyl adjacent to an activating group) is 1. The second-order valence-corrected chi connectivity index (χ2v) is 5.29. The van der Waals surface area contributed by atoms with Crippen molar-refractivity contribution in [2.75, 3.05) is 13.6 Å². The molecule has 0 bridgehead atoms. The number of amides is 2. The summed E-state index contributed by atoms with van der Waals surface area (Å²) in [6.45, 7) is 1.45. The van der Waals surface area contributed by atoms with Gasteiger partial charge in [-0.25, -0.2) is 9.59 Å². The first-order chi connectivity index (χ1) is 8.75. The van der Waals surface area contributed by atoms with Gasteiger partial charge in [-0.05, 0) is 19.8 Å². The third-order valence-electron chi connectivity index (χ3n) is 3.44. The van der Waals surface area contributed by atoms with Crippen LogP contribution in [0.1, 0.15) is 32.6 Å². The number of carboxylic acids is 1. The minimum atomic E-state index is -1.35. The van der Waals surface area contributed by atoms with Crippen LogP contribution in [0.4, 0.5) is 4.79 Å². The largest absolute Gasteiger partial charge is 0.480 e. The zero-order valence-electron chi connectivity index (χ0n) is 11.3. The van der Waals surface area contributed by atoms with Crippen LogP contribution in [0.25, 0.3) is 0 Å². The Hall–Kier alpha value is -1.34. The molecule has 7 heteroatoms. The van der Waals surface area contributed by atoms with Crippen molar-refractivity contribution < 1.29 is 24.9 Å². The van der Waals surface area contributed by atoms with Gasteiger partial charge in [0.15, 0.2) is 6.04 Å². The molecule has 19 heavy (non-hydrogen) atoms. The first-order valence-electron chi connectivity index (χ1n) is 6.40. The predicted octanol–water partition coefficient (Wildman–Crippen LogP) is -0.233. The van der Waals surface area contributed by atoms with Crippen molar-refractivity contribution in [3.05, 3.63) is 0 Å². The number of nitrogens with one attached hydrogen (secondary N) is 1. The molecule has 1 rings (SSSR count). The van der Waals surface area contributed by atoms with E-state index >= 15 is 0 Å². The second kappa shape index (κ2) is 6.21. The number of aliphatic hydroxyl groups is 2. The Morgan fingerprint density at radius 3 is 2.32 bits per heavy atom. The van der Waals surface area contributed by atoms with Crippen LogP contribution >= 0.6 is 0 Å². The molecule has 1 aliphatic rings. The van der Waals surface area contributed by atoms with Crippen LogP contribution in [0.5, 0.6) is 0 Å². The Labute approximate surface area is 112 Å². The SMILES string of the molecule is C[C@@H](O)[C@H](NC(=O)N(C)CC1(O)CCCC1)C(=O)O. The number of carbonyl (C=O) groups excluding carboxylic acids is 1. The number of rotatable bonds is 5. The molecule has 0 radical (unpaired) electrons. The summed E-state index contributed by atoms with van der Waals surface area (Å²) in [4.78, 5) is 23.9. The molecule has 7 nitrogen and oxygen atoms in total. The summed E-state index contributed by atoms with van der Waals surface area (Å²) in [5.41, 5.74) is -0.879. The van der Waals surface area contributed by atoms with Crippen LogP contribution in [0, 0.1) is 0 Å². The van der Waals surface area contributed by atoms with Crippen molar-refractivity contribution in [3.8, 4) is 0 Å². The fourth-order valence-corrected chi connectivity index (χ4v) is 2.34. The van der Waals surface area contributed by atoms with E-state index in [1.807, 2.05) is 0 Å². The molecule has 1 saturated carbocycles. The van der Waals surface area contributed by atoms with E-state index in [4.69, 9.17) is 5.11 Å². The first kappa shape index (κ1) is 15.7. The van der Waals surface area contributed by atoms with E-state index in [9.17, 15) is 19.8 Å². The Morgan fingerprint density at radius 1 is 1.37 bits per heavy atom. The normalized spacial score (nSPS) is 20.6. The molecule has 0 unspecified atom stereocenters. The van der Waals surface area contributed by atoms with Gasteiger partial charge in [-0.3, -0.25) is 0 Å². The summed E-state index contributed by atoms with van der Waals surface area (Å²) in [6.07, 6.45) is 1.95. The van der Waals surface area contributed by atoms with Gasteiger partial charge in [-0.15, -0.1) is 0 Å². The highest BCUT2D eigenvalue weighted by atomic mass is 16.4. The molecule has 0 spiro atoms. The van der Waals surface area contributed by atoms with Gasteiger partial charge in [0.05, 0.1) is 18.2 Å². The van der Waals surface area contributed by atoms with Gasteiger partial charge in [0, 0.05) is 7.05 Å². The molecule has 2 atom stereocenters. The van der Waals surface area contributed by atoms with Crippen molar-refractivity contribution in [1.82, 2.24) is 10.2 Å². The maximum Gasteiger partial charge on any atom is 0.328 e. The van der Waals surface area contributed by atoms with Gasteiger partial charge in [-0.2, -0.15) is 0 Å². The molecule has 0 aromatic heterocycles. The third kappa shape index (κ3) is 4.36. The third-order valence-corrected chi connectivity index (χ3v) is 3.44. The van der Waals surface area contributed by atoms with Crippen LogP contribution in [-0.2, 0) is 4.79 Å². The highest BCUT2D eigenvalue weighted by Gasteiger charge is 2.34. The standard InChI is InChI=1S/C12H22N2O5/c1-8(15)9(10(16)17)13-11(18)14(2)7-12(19)5-3-4-6-12/h8-9,15,19H,3-7H2,1-2H3,(H,13,18)(H,16,17)/t8-,9+/m1/s1. The number of carbonyl (C=O) groups is 2. The van der Waals surface area contributed by atoms with E-state index in [1.165, 1.54) is 18.9 Å². The maximum atomic E-state index is 11.8. The van der Waals surface area contributed by atoms with Gasteiger partial charge < -0.3 is 25.5 Å². The topological polar surface area (TPSA) is 110 Å². The maximum absolute atomic E-state index is 11.8. The van der Waals surface area contributed by atoms with Crippen LogP contribution in [0.3, 0.4) is 0 Å². The fraction of sp³-hybridized carbons (Fsp3) is 0.833. The molecular formula is C12H22N2O5. The lowest BCUT2D eigenvalue weighted by Gasteiger charge is -2.30. The summed E-state index contributed by atoms with van der Waals surface area (Å²) in [7, 11) is 1.49. The Bertz CT molecular complexity index is 339. The summed E-state index contributed by atoms with van der Waals surface area (Å²) >= 11 is 0. The fourth-order valence-electron chi connectivity index (χ4n) is 2.34. The summed E-state index contributed by atoms with van der Waals surface area (Å²) in [5.74, 6) is -1.30. The highest BCUT2D eigenvalue weighted by Crippen LogP contribution is 2.29. The molecule has 4 N–H and O–H groups in total. The quantitative estimate of drug-likeness (QED) is 0.553. The average Bonchev–Trinajstić information content (AvgIpc) is 2.71. The molecule has 0 heterocycles. The van der Waals surface area contributed by atoms with Crippen molar-refractivity contribution in [2.24, 2.45) is 0 Å². The van der Waals surface area contributed by atoms with Gasteiger partial charge in [0.2, 0.25) is 0 Å². The zero-order chi connectivity index (χ0) is 14.6. The number of hydrogen-bond donors (Lipinski definition) is 4. The molecule has 0 aromatic rings. The van der Waals surface area contributed by atoms with E-state index in [2.05, 4.69) is 5.32 Å². The Balaban J connectivity index is 2.54. The lowest BCUT2D eigenvalue weighted by atomic mass is 10.0. The summed E-state index contributed by atoms with van der Waals surface area (Å²) in [5, 5.41) is 30.6. The second-order valence-electron chi connectivity index (χ2n) is 5.29. The van der Waals surface area contributed by atoms with Crippen LogP contribution in [0.15, 0.2) is 0 Å². The van der Waals surface area contributed by atoms with E-state index in [0.29, 0.717) is 12.8 Å². The van der Waals surface area contributed by atoms with E-state index < -0.39 is 29.7 Å². The highest BCUT2D eigenvalue weighted by molar-refractivity contribution is 5.82. The number of nitrogens with zero attached hydrogens (tertiary/aromatic N) is 1. The molecule has 1 aliphatic carbocycles. The van der Waals surface area contributed by atoms with Crippen LogP contribution < -0.4 is 5.32 Å². The first-order valence-corrected chi connectivity index (χ1v) is 6.40. The van der Waals surface area contributed by atoms with Gasteiger partial charge in [0.25, 0.3) is 0 Å². The zero-order valence-corrected chi connectivity index (χ0v) is 11.3. The molecule has 0 aliphatic heterocycles. The lowest BCUT2D eigenvalue weighted by molar-refractivity contribution is -0.141. The average molecular weight is 274 g/mol. The van der Waals surface area contributed by atoms with Crippen LogP contribution in [0.2, 0.25) is 0 Å². The number of carboxylic acid groups (broad SMARTS) is 1. The number of aliphatic carboxylic acids is 1. The number of hydrogen-bond acceptors (Lipinski definition) is 4. The molecule has 1 fully saturated rings. The molecule has 0 saturated heterocycles. The van der Waals surface area contributed by atoms with E-state index in [1.54, 1.807) is 0 Å². The summed E-state index contributed by atoms with van der Waals surface area (Å²) < 4.78 is 0. The van der Waals surface area contributed by atoms with Gasteiger partial charge in [0.1, 0.15) is 0 Å². The minimum Gasteiger partial charge on any atom is -0.480 e. The van der Waals surface area contributed by atoms with Gasteiger partial charge >= 0.3 is 12.0 Å². The monoisotopic (exact) mass is 274 g/mol. The number of aliphatic hydroxyl groups excluding tert-OH is 1. The number of urea groups is 1. The molecule has 110 valence electrons.